The van der Waals surface area contributed by atoms with Gasteiger partial charge in [0.1, 0.15) is 5.75 Å². The van der Waals surface area contributed by atoms with Crippen LogP contribution in [-0.4, -0.2) is 10.9 Å². The van der Waals surface area contributed by atoms with Gasteiger partial charge in [0.05, 0.1) is 0 Å². The van der Waals surface area contributed by atoms with Crippen LogP contribution in [0, 0.1) is 0 Å². The van der Waals surface area contributed by atoms with Gasteiger partial charge in [-0.25, -0.2) is 0 Å². The fraction of sp³-hybridized carbons (Fsp3) is 0. The Bertz CT molecular complexity index is 1140. The molecule has 0 aliphatic heterocycles. The highest BCUT2D eigenvalue weighted by atomic mass is 16.3. The third kappa shape index (κ3) is 1.55. The number of hydrogen-bond donors (Lipinski definition) is 1. The van der Waals surface area contributed by atoms with Crippen molar-refractivity contribution in [2.75, 3.05) is 0 Å². The van der Waals surface area contributed by atoms with E-state index in [1.165, 1.54) is 0 Å². The number of fused-ring (bicyclic) bond motifs is 6. The number of rotatable bonds is 0. The van der Waals surface area contributed by atoms with Crippen molar-refractivity contribution in [1.82, 2.24) is 0 Å². The monoisotopic (exact) mass is 296 g/mol. The highest BCUT2D eigenvalue weighted by Gasteiger charge is 2.24. The molecule has 1 N–H and O–H groups in total. The molecule has 23 heavy (non-hydrogen) atoms. The van der Waals surface area contributed by atoms with Crippen molar-refractivity contribution in [3.8, 4) is 16.9 Å². The molecule has 0 amide bonds. The fourth-order valence-electron chi connectivity index (χ4n) is 3.62. The van der Waals surface area contributed by atoms with E-state index in [0.29, 0.717) is 11.1 Å². The first-order valence-electron chi connectivity index (χ1n) is 7.56. The molecule has 2 aliphatic rings. The van der Waals surface area contributed by atoms with E-state index in [-0.39, 0.29) is 11.5 Å². The van der Waals surface area contributed by atoms with Gasteiger partial charge in [-0.3, -0.25) is 4.79 Å². The summed E-state index contributed by atoms with van der Waals surface area (Å²) in [5.41, 5.74) is 5.11. The van der Waals surface area contributed by atoms with Crippen LogP contribution in [0.2, 0.25) is 0 Å². The second-order valence-electron chi connectivity index (χ2n) is 5.94. The average molecular weight is 296 g/mol. The SMILES string of the molecule is O=C1c2ccccc2C=c2c1cc(O)c1c2=Cc2ccccc2-1. The van der Waals surface area contributed by atoms with Gasteiger partial charge in [-0.1, -0.05) is 48.5 Å². The van der Waals surface area contributed by atoms with E-state index in [9.17, 15) is 9.90 Å². The van der Waals surface area contributed by atoms with E-state index in [0.717, 1.165) is 32.7 Å². The third-order valence-electron chi connectivity index (χ3n) is 4.67. The first-order valence-corrected chi connectivity index (χ1v) is 7.56. The molecule has 0 saturated carbocycles. The molecule has 0 saturated heterocycles. The smallest absolute Gasteiger partial charge is 0.194 e. The minimum atomic E-state index is -0.0273. The van der Waals surface area contributed by atoms with Crippen molar-refractivity contribution >= 4 is 17.9 Å². The van der Waals surface area contributed by atoms with E-state index >= 15 is 0 Å². The summed E-state index contributed by atoms with van der Waals surface area (Å²) in [6.07, 6.45) is 4.10. The summed E-state index contributed by atoms with van der Waals surface area (Å²) >= 11 is 0. The molecule has 2 heteroatoms. The van der Waals surface area contributed by atoms with Gasteiger partial charge in [0.25, 0.3) is 0 Å². The number of benzene rings is 3. The van der Waals surface area contributed by atoms with Crippen LogP contribution in [-0.2, 0) is 0 Å². The quantitative estimate of drug-likeness (QED) is 0.477. The minimum absolute atomic E-state index is 0.0273. The Hall–Kier alpha value is -3.13. The Kier molecular flexibility index (Phi) is 2.27. The predicted octanol–water partition coefficient (Wildman–Crippen LogP) is 2.57. The lowest BCUT2D eigenvalue weighted by atomic mass is 9.89. The standard InChI is InChI=1S/C21H12O2/c22-19-11-18-16(9-13-6-2-4-8-15(13)21(18)23)17-10-12-5-1-3-7-14(12)20(17)19/h1-11,22H. The van der Waals surface area contributed by atoms with Crippen molar-refractivity contribution in [2.24, 2.45) is 0 Å². The zero-order chi connectivity index (χ0) is 15.6. The Morgan fingerprint density at radius 1 is 0.696 bits per heavy atom. The van der Waals surface area contributed by atoms with Gasteiger partial charge in [-0.05, 0) is 45.3 Å². The second-order valence-corrected chi connectivity index (χ2v) is 5.94. The van der Waals surface area contributed by atoms with Crippen LogP contribution in [0.5, 0.6) is 5.75 Å². The van der Waals surface area contributed by atoms with Gasteiger partial charge in [0.2, 0.25) is 0 Å². The highest BCUT2D eigenvalue weighted by Crippen LogP contribution is 2.33. The summed E-state index contributed by atoms with van der Waals surface area (Å²) in [6, 6.07) is 17.2. The number of phenols is 1. The molecule has 5 rings (SSSR count). The number of ketones is 1. The molecular weight excluding hydrogens is 284 g/mol. The zero-order valence-electron chi connectivity index (χ0n) is 12.2. The number of carbonyl (C=O) groups excluding carboxylic acids is 1. The molecule has 0 spiro atoms. The molecule has 2 nitrogen and oxygen atoms in total. The summed E-state index contributed by atoms with van der Waals surface area (Å²) in [5.74, 6) is 0.140. The maximum absolute atomic E-state index is 12.8. The molecule has 2 aliphatic carbocycles. The number of aromatic hydroxyl groups is 1. The van der Waals surface area contributed by atoms with Crippen molar-refractivity contribution < 1.29 is 9.90 Å². The lowest BCUT2D eigenvalue weighted by molar-refractivity contribution is 0.103. The molecule has 108 valence electrons. The second kappa shape index (κ2) is 4.20. The lowest BCUT2D eigenvalue weighted by Crippen LogP contribution is -2.34. The van der Waals surface area contributed by atoms with Gasteiger partial charge in [0.15, 0.2) is 5.78 Å². The van der Waals surface area contributed by atoms with Crippen LogP contribution < -0.4 is 10.4 Å². The van der Waals surface area contributed by atoms with Gasteiger partial charge >= 0.3 is 0 Å². The van der Waals surface area contributed by atoms with Crippen LogP contribution in [0.1, 0.15) is 27.0 Å². The summed E-state index contributed by atoms with van der Waals surface area (Å²) in [5, 5.41) is 12.3. The lowest BCUT2D eigenvalue weighted by Gasteiger charge is -2.14. The van der Waals surface area contributed by atoms with Gasteiger partial charge in [-0.2, -0.15) is 0 Å². The first kappa shape index (κ1) is 12.4. The summed E-state index contributed by atoms with van der Waals surface area (Å²) in [6.45, 7) is 0. The molecule has 0 unspecified atom stereocenters. The Balaban J connectivity index is 1.97. The fourth-order valence-corrected chi connectivity index (χ4v) is 3.62. The highest BCUT2D eigenvalue weighted by molar-refractivity contribution is 6.14. The minimum Gasteiger partial charge on any atom is -0.507 e. The normalized spacial score (nSPS) is 13.3. The number of hydrogen-bond acceptors (Lipinski definition) is 2. The molecule has 3 aromatic carbocycles. The van der Waals surface area contributed by atoms with Crippen molar-refractivity contribution in [1.29, 1.82) is 0 Å². The molecule has 0 atom stereocenters. The maximum atomic E-state index is 12.8. The topological polar surface area (TPSA) is 37.3 Å². The molecule has 0 heterocycles. The molecule has 0 bridgehead atoms. The Morgan fingerprint density at radius 2 is 1.30 bits per heavy atom. The van der Waals surface area contributed by atoms with Crippen molar-refractivity contribution in [3.05, 3.63) is 87.3 Å². The van der Waals surface area contributed by atoms with Gasteiger partial charge in [0, 0.05) is 16.7 Å². The van der Waals surface area contributed by atoms with E-state index < -0.39 is 0 Å². The van der Waals surface area contributed by atoms with Crippen molar-refractivity contribution in [2.45, 2.75) is 0 Å². The molecule has 0 fully saturated rings. The maximum Gasteiger partial charge on any atom is 0.194 e. The number of carbonyl (C=O) groups is 1. The van der Waals surface area contributed by atoms with E-state index in [4.69, 9.17) is 0 Å². The van der Waals surface area contributed by atoms with E-state index in [1.807, 2.05) is 54.6 Å². The summed E-state index contributed by atoms with van der Waals surface area (Å²) < 4.78 is 0. The zero-order valence-corrected chi connectivity index (χ0v) is 12.2. The van der Waals surface area contributed by atoms with Crippen LogP contribution in [0.4, 0.5) is 0 Å². The average Bonchev–Trinajstić information content (AvgIpc) is 2.97. The van der Waals surface area contributed by atoms with Crippen LogP contribution >= 0.6 is 0 Å². The summed E-state index contributed by atoms with van der Waals surface area (Å²) in [7, 11) is 0. The molecular formula is C21H12O2. The van der Waals surface area contributed by atoms with E-state index in [2.05, 4.69) is 6.08 Å². The Labute approximate surface area is 132 Å². The van der Waals surface area contributed by atoms with Crippen LogP contribution in [0.25, 0.3) is 23.3 Å². The van der Waals surface area contributed by atoms with E-state index in [1.54, 1.807) is 6.07 Å². The van der Waals surface area contributed by atoms with Crippen molar-refractivity contribution in [3.63, 3.8) is 0 Å². The molecule has 0 radical (unpaired) electrons. The Morgan fingerprint density at radius 3 is 2.09 bits per heavy atom. The van der Waals surface area contributed by atoms with Crippen LogP contribution in [0.3, 0.4) is 0 Å². The largest absolute Gasteiger partial charge is 0.507 e. The number of phenolic OH excluding ortho intramolecular Hbond substituents is 1. The first-order chi connectivity index (χ1) is 11.2. The summed E-state index contributed by atoms with van der Waals surface area (Å²) in [4.78, 5) is 12.8. The van der Waals surface area contributed by atoms with Gasteiger partial charge in [-0.15, -0.1) is 0 Å². The molecule has 0 aromatic heterocycles. The predicted molar refractivity (Wildman–Crippen MR) is 89.8 cm³/mol. The molecule has 3 aromatic rings. The third-order valence-corrected chi connectivity index (χ3v) is 4.67. The van der Waals surface area contributed by atoms with Gasteiger partial charge < -0.3 is 5.11 Å². The van der Waals surface area contributed by atoms with Crippen LogP contribution in [0.15, 0.2) is 54.6 Å².